The molecular formula is C5H7FN2. The van der Waals surface area contributed by atoms with Crippen molar-refractivity contribution in [3.63, 3.8) is 0 Å². The molecule has 0 saturated carbocycles. The lowest BCUT2D eigenvalue weighted by Crippen LogP contribution is -1.94. The van der Waals surface area contributed by atoms with Crippen LogP contribution in [-0.2, 0) is 13.7 Å². The zero-order valence-corrected chi connectivity index (χ0v) is 4.63. The van der Waals surface area contributed by atoms with Gasteiger partial charge in [0.25, 0.3) is 0 Å². The smallest absolute Gasteiger partial charge is 0.131 e. The maximum absolute atomic E-state index is 11.8. The van der Waals surface area contributed by atoms with Crippen LogP contribution in [0.3, 0.4) is 0 Å². The van der Waals surface area contributed by atoms with E-state index in [4.69, 9.17) is 0 Å². The van der Waals surface area contributed by atoms with Crippen LogP contribution >= 0.6 is 0 Å². The van der Waals surface area contributed by atoms with Gasteiger partial charge in [-0.2, -0.15) is 5.10 Å². The van der Waals surface area contributed by atoms with Gasteiger partial charge in [0.05, 0.1) is 5.69 Å². The van der Waals surface area contributed by atoms with Gasteiger partial charge in [-0.1, -0.05) is 0 Å². The third kappa shape index (κ3) is 0.710. The van der Waals surface area contributed by atoms with Crippen molar-refractivity contribution in [2.75, 3.05) is 0 Å². The van der Waals surface area contributed by atoms with Gasteiger partial charge in [0.15, 0.2) is 0 Å². The van der Waals surface area contributed by atoms with Crippen LogP contribution in [0.2, 0.25) is 0 Å². The van der Waals surface area contributed by atoms with Crippen molar-refractivity contribution >= 4 is 0 Å². The lowest BCUT2D eigenvalue weighted by Gasteiger charge is -1.90. The Balaban J connectivity index is 2.92. The maximum atomic E-state index is 11.8. The standard InChI is InChI=1S/C5H7FN2/c1-8-5(4-6)2-3-7-8/h2-3H,4H2,1H3. The van der Waals surface area contributed by atoms with Crippen LogP contribution in [0.1, 0.15) is 5.69 Å². The number of aromatic nitrogens is 2. The Morgan fingerprint density at radius 3 is 2.88 bits per heavy atom. The van der Waals surface area contributed by atoms with Crippen molar-refractivity contribution in [2.45, 2.75) is 6.67 Å². The Hall–Kier alpha value is -0.860. The molecule has 0 spiro atoms. The second kappa shape index (κ2) is 1.94. The molecule has 0 radical (unpaired) electrons. The Morgan fingerprint density at radius 1 is 1.88 bits per heavy atom. The van der Waals surface area contributed by atoms with E-state index >= 15 is 0 Å². The van der Waals surface area contributed by atoms with Gasteiger partial charge in [0.2, 0.25) is 0 Å². The molecule has 44 valence electrons. The Bertz CT molecular complexity index is 171. The molecular weight excluding hydrogens is 107 g/mol. The van der Waals surface area contributed by atoms with Crippen LogP contribution in [0.15, 0.2) is 12.3 Å². The topological polar surface area (TPSA) is 17.8 Å². The van der Waals surface area contributed by atoms with E-state index < -0.39 is 6.67 Å². The molecule has 1 rings (SSSR count). The van der Waals surface area contributed by atoms with Crippen molar-refractivity contribution in [3.05, 3.63) is 18.0 Å². The Kier molecular flexibility index (Phi) is 1.28. The number of nitrogens with zero attached hydrogens (tertiary/aromatic N) is 2. The van der Waals surface area contributed by atoms with E-state index in [2.05, 4.69) is 5.10 Å². The molecule has 0 amide bonds. The summed E-state index contributed by atoms with van der Waals surface area (Å²) < 4.78 is 13.3. The van der Waals surface area contributed by atoms with Gasteiger partial charge in [-0.25, -0.2) is 4.39 Å². The molecule has 8 heavy (non-hydrogen) atoms. The van der Waals surface area contributed by atoms with Gasteiger partial charge in [-0.05, 0) is 6.07 Å². The van der Waals surface area contributed by atoms with Crippen LogP contribution < -0.4 is 0 Å². The summed E-state index contributed by atoms with van der Waals surface area (Å²) in [6, 6.07) is 1.65. The van der Waals surface area contributed by atoms with Crippen LogP contribution in [-0.4, -0.2) is 9.78 Å². The fourth-order valence-electron chi connectivity index (χ4n) is 0.532. The lowest BCUT2D eigenvalue weighted by molar-refractivity contribution is 0.458. The molecule has 0 fully saturated rings. The van der Waals surface area contributed by atoms with Gasteiger partial charge >= 0.3 is 0 Å². The quantitative estimate of drug-likeness (QED) is 0.530. The number of hydrogen-bond donors (Lipinski definition) is 0. The highest BCUT2D eigenvalue weighted by Crippen LogP contribution is 1.96. The molecule has 0 aliphatic heterocycles. The molecule has 0 N–H and O–H groups in total. The van der Waals surface area contributed by atoms with Gasteiger partial charge in [-0.3, -0.25) is 4.68 Å². The molecule has 2 nitrogen and oxygen atoms in total. The lowest BCUT2D eigenvalue weighted by atomic mass is 10.5. The molecule has 0 unspecified atom stereocenters. The van der Waals surface area contributed by atoms with Crippen LogP contribution in [0.25, 0.3) is 0 Å². The zero-order chi connectivity index (χ0) is 5.98. The third-order valence-corrected chi connectivity index (χ3v) is 1.06. The van der Waals surface area contributed by atoms with Crippen molar-refractivity contribution in [2.24, 2.45) is 7.05 Å². The van der Waals surface area contributed by atoms with E-state index in [1.165, 1.54) is 4.68 Å². The number of halogens is 1. The first-order valence-electron chi connectivity index (χ1n) is 2.37. The summed E-state index contributed by atoms with van der Waals surface area (Å²) in [5.41, 5.74) is 0.616. The molecule has 1 aromatic heterocycles. The normalized spacial score (nSPS) is 9.75. The fourth-order valence-corrected chi connectivity index (χ4v) is 0.532. The van der Waals surface area contributed by atoms with E-state index in [-0.39, 0.29) is 0 Å². The van der Waals surface area contributed by atoms with E-state index in [9.17, 15) is 4.39 Å². The molecule has 1 aromatic rings. The largest absolute Gasteiger partial charge is 0.270 e. The predicted molar refractivity (Wildman–Crippen MR) is 28.0 cm³/mol. The van der Waals surface area contributed by atoms with E-state index in [1.54, 1.807) is 19.3 Å². The van der Waals surface area contributed by atoms with Crippen LogP contribution in [0.4, 0.5) is 4.39 Å². The highest BCUT2D eigenvalue weighted by atomic mass is 19.1. The molecule has 0 saturated heterocycles. The summed E-state index contributed by atoms with van der Waals surface area (Å²) in [6.45, 7) is -0.434. The summed E-state index contributed by atoms with van der Waals surface area (Å²) in [4.78, 5) is 0. The first kappa shape index (κ1) is 5.28. The van der Waals surface area contributed by atoms with Crippen LogP contribution in [0, 0.1) is 0 Å². The summed E-state index contributed by atoms with van der Waals surface area (Å²) in [5.74, 6) is 0. The van der Waals surface area contributed by atoms with Gasteiger partial charge in [0, 0.05) is 13.2 Å². The number of rotatable bonds is 1. The number of alkyl halides is 1. The SMILES string of the molecule is Cn1nccc1CF. The molecule has 0 aliphatic rings. The maximum Gasteiger partial charge on any atom is 0.131 e. The summed E-state index contributed by atoms with van der Waals surface area (Å²) >= 11 is 0. The van der Waals surface area contributed by atoms with Crippen molar-refractivity contribution in [1.82, 2.24) is 9.78 Å². The molecule has 0 aromatic carbocycles. The van der Waals surface area contributed by atoms with E-state index in [0.717, 1.165) is 0 Å². The first-order chi connectivity index (χ1) is 3.84. The Labute approximate surface area is 46.9 Å². The minimum atomic E-state index is -0.434. The van der Waals surface area contributed by atoms with Gasteiger partial charge < -0.3 is 0 Å². The van der Waals surface area contributed by atoms with Gasteiger partial charge in [0.1, 0.15) is 6.67 Å². The monoisotopic (exact) mass is 114 g/mol. The molecule has 1 heterocycles. The second-order valence-electron chi connectivity index (χ2n) is 1.58. The van der Waals surface area contributed by atoms with Crippen molar-refractivity contribution in [3.8, 4) is 0 Å². The molecule has 0 bridgehead atoms. The van der Waals surface area contributed by atoms with E-state index in [0.29, 0.717) is 5.69 Å². The molecule has 0 aliphatic carbocycles. The second-order valence-corrected chi connectivity index (χ2v) is 1.58. The number of hydrogen-bond acceptors (Lipinski definition) is 1. The first-order valence-corrected chi connectivity index (χ1v) is 2.37. The minimum Gasteiger partial charge on any atom is -0.270 e. The van der Waals surface area contributed by atoms with Crippen molar-refractivity contribution in [1.29, 1.82) is 0 Å². The summed E-state index contributed by atoms with van der Waals surface area (Å²) in [6.07, 6.45) is 1.58. The average Bonchev–Trinajstić information content (AvgIpc) is 2.14. The van der Waals surface area contributed by atoms with E-state index in [1.807, 2.05) is 0 Å². The average molecular weight is 114 g/mol. The highest BCUT2D eigenvalue weighted by Gasteiger charge is 1.92. The van der Waals surface area contributed by atoms with Crippen molar-refractivity contribution < 1.29 is 4.39 Å². The zero-order valence-electron chi connectivity index (χ0n) is 4.63. The minimum absolute atomic E-state index is 0.434. The summed E-state index contributed by atoms with van der Waals surface area (Å²) in [7, 11) is 1.72. The van der Waals surface area contributed by atoms with Crippen LogP contribution in [0.5, 0.6) is 0 Å². The predicted octanol–water partition coefficient (Wildman–Crippen LogP) is 0.890. The fraction of sp³-hybridized carbons (Fsp3) is 0.400. The molecule has 3 heteroatoms. The Morgan fingerprint density at radius 2 is 2.62 bits per heavy atom. The number of aryl methyl sites for hydroxylation is 1. The molecule has 0 atom stereocenters. The van der Waals surface area contributed by atoms with Gasteiger partial charge in [-0.15, -0.1) is 0 Å². The summed E-state index contributed by atoms with van der Waals surface area (Å²) in [5, 5.41) is 3.76. The third-order valence-electron chi connectivity index (χ3n) is 1.06. The highest BCUT2D eigenvalue weighted by molar-refractivity contribution is 4.97.